The molecule has 0 aliphatic heterocycles. The van der Waals surface area contributed by atoms with Gasteiger partial charge >= 0.3 is 0 Å². The predicted molar refractivity (Wildman–Crippen MR) is 80.0 cm³/mol. The number of nitrogens with one attached hydrogen (secondary N) is 1. The maximum absolute atomic E-state index is 8.80. The first-order valence-corrected chi connectivity index (χ1v) is 6.54. The highest BCUT2D eigenvalue weighted by Crippen LogP contribution is 2.27. The van der Waals surface area contributed by atoms with E-state index in [1.165, 1.54) is 5.56 Å². The summed E-state index contributed by atoms with van der Waals surface area (Å²) in [5.41, 5.74) is 3.65. The summed E-state index contributed by atoms with van der Waals surface area (Å²) in [5.74, 6) is 0.521. The minimum absolute atomic E-state index is 0.521. The van der Waals surface area contributed by atoms with Gasteiger partial charge in [0, 0.05) is 5.69 Å². The summed E-state index contributed by atoms with van der Waals surface area (Å²) in [6.45, 7) is 4.33. The van der Waals surface area contributed by atoms with Gasteiger partial charge in [-0.1, -0.05) is 37.6 Å². The van der Waals surface area contributed by atoms with E-state index < -0.39 is 0 Å². The molecular weight excluding hydrogens is 256 g/mol. The molecule has 0 radical (unpaired) electrons. The highest BCUT2D eigenvalue weighted by Gasteiger charge is 2.03. The third-order valence-corrected chi connectivity index (χ3v) is 3.27. The van der Waals surface area contributed by atoms with Crippen molar-refractivity contribution in [3.63, 3.8) is 0 Å². The van der Waals surface area contributed by atoms with Crippen molar-refractivity contribution in [2.45, 2.75) is 19.8 Å². The van der Waals surface area contributed by atoms with Crippen LogP contribution in [0.5, 0.6) is 0 Å². The van der Waals surface area contributed by atoms with Gasteiger partial charge in [0.1, 0.15) is 0 Å². The van der Waals surface area contributed by atoms with Crippen LogP contribution in [-0.2, 0) is 0 Å². The zero-order valence-electron chi connectivity index (χ0n) is 10.9. The number of hydrogen-bond acceptors (Lipinski definition) is 2. The molecule has 2 nitrogen and oxygen atoms in total. The molecule has 0 heterocycles. The average Bonchev–Trinajstić information content (AvgIpc) is 2.41. The molecule has 19 heavy (non-hydrogen) atoms. The molecule has 0 saturated carbocycles. The number of rotatable bonds is 3. The molecule has 1 N–H and O–H groups in total. The summed E-state index contributed by atoms with van der Waals surface area (Å²) in [4.78, 5) is 0. The zero-order valence-corrected chi connectivity index (χ0v) is 11.7. The van der Waals surface area contributed by atoms with Crippen molar-refractivity contribution < 1.29 is 0 Å². The van der Waals surface area contributed by atoms with E-state index in [0.29, 0.717) is 16.5 Å². The monoisotopic (exact) mass is 270 g/mol. The molecule has 0 aliphatic carbocycles. The SMILES string of the molecule is CC(C)c1ccc(Nc2ccc(C#N)cc2Cl)cc1. The van der Waals surface area contributed by atoms with Crippen molar-refractivity contribution in [1.82, 2.24) is 0 Å². The summed E-state index contributed by atoms with van der Waals surface area (Å²) in [5, 5.41) is 12.6. The Bertz CT molecular complexity index is 610. The summed E-state index contributed by atoms with van der Waals surface area (Å²) in [6.07, 6.45) is 0. The Morgan fingerprint density at radius 1 is 1.11 bits per heavy atom. The van der Waals surface area contributed by atoms with E-state index >= 15 is 0 Å². The lowest BCUT2D eigenvalue weighted by Crippen LogP contribution is -1.93. The van der Waals surface area contributed by atoms with E-state index in [0.717, 1.165) is 11.4 Å². The molecule has 0 bridgehead atoms. The van der Waals surface area contributed by atoms with Gasteiger partial charge in [-0.15, -0.1) is 0 Å². The molecule has 96 valence electrons. The van der Waals surface area contributed by atoms with Crippen LogP contribution in [0, 0.1) is 11.3 Å². The zero-order chi connectivity index (χ0) is 13.8. The van der Waals surface area contributed by atoms with Crippen molar-refractivity contribution in [3.8, 4) is 6.07 Å². The fourth-order valence-electron chi connectivity index (χ4n) is 1.79. The topological polar surface area (TPSA) is 35.8 Å². The lowest BCUT2D eigenvalue weighted by atomic mass is 10.0. The van der Waals surface area contributed by atoms with Crippen LogP contribution in [0.4, 0.5) is 11.4 Å². The first-order chi connectivity index (χ1) is 9.10. The van der Waals surface area contributed by atoms with E-state index in [2.05, 4.69) is 37.4 Å². The second-order valence-electron chi connectivity index (χ2n) is 4.71. The molecule has 2 rings (SSSR count). The summed E-state index contributed by atoms with van der Waals surface area (Å²) < 4.78 is 0. The molecule has 0 fully saturated rings. The van der Waals surface area contributed by atoms with Crippen LogP contribution < -0.4 is 5.32 Å². The summed E-state index contributed by atoms with van der Waals surface area (Å²) in [6, 6.07) is 15.6. The van der Waals surface area contributed by atoms with Crippen molar-refractivity contribution in [2.75, 3.05) is 5.32 Å². The summed E-state index contributed by atoms with van der Waals surface area (Å²) in [7, 11) is 0. The van der Waals surface area contributed by atoms with Crippen LogP contribution in [0.25, 0.3) is 0 Å². The standard InChI is InChI=1S/C16H15ClN2/c1-11(2)13-4-6-14(7-5-13)19-16-8-3-12(10-18)9-15(16)17/h3-9,11,19H,1-2H3. The van der Waals surface area contributed by atoms with Crippen LogP contribution in [0.1, 0.15) is 30.9 Å². The number of nitriles is 1. The van der Waals surface area contributed by atoms with Gasteiger partial charge in [-0.05, 0) is 41.8 Å². The Balaban J connectivity index is 2.19. The Morgan fingerprint density at radius 3 is 2.32 bits per heavy atom. The predicted octanol–water partition coefficient (Wildman–Crippen LogP) is 5.08. The van der Waals surface area contributed by atoms with Gasteiger partial charge in [0.25, 0.3) is 0 Å². The molecule has 0 unspecified atom stereocenters. The maximum atomic E-state index is 8.80. The molecule has 2 aromatic rings. The highest BCUT2D eigenvalue weighted by atomic mass is 35.5. The fraction of sp³-hybridized carbons (Fsp3) is 0.188. The first-order valence-electron chi connectivity index (χ1n) is 6.17. The molecule has 0 aliphatic rings. The lowest BCUT2D eigenvalue weighted by Gasteiger charge is -2.10. The quantitative estimate of drug-likeness (QED) is 0.844. The molecule has 0 saturated heterocycles. The molecule has 2 aromatic carbocycles. The third kappa shape index (κ3) is 3.27. The Hall–Kier alpha value is -1.98. The average molecular weight is 271 g/mol. The normalized spacial score (nSPS) is 10.3. The fourth-order valence-corrected chi connectivity index (χ4v) is 2.02. The van der Waals surface area contributed by atoms with E-state index in [4.69, 9.17) is 16.9 Å². The van der Waals surface area contributed by atoms with Gasteiger partial charge in [0.2, 0.25) is 0 Å². The summed E-state index contributed by atoms with van der Waals surface area (Å²) >= 11 is 6.13. The van der Waals surface area contributed by atoms with E-state index in [1.807, 2.05) is 18.2 Å². The van der Waals surface area contributed by atoms with E-state index in [1.54, 1.807) is 12.1 Å². The maximum Gasteiger partial charge on any atom is 0.0992 e. The number of hydrogen-bond donors (Lipinski definition) is 1. The Labute approximate surface area is 118 Å². The van der Waals surface area contributed by atoms with Gasteiger partial charge in [-0.2, -0.15) is 5.26 Å². The third-order valence-electron chi connectivity index (χ3n) is 2.95. The molecule has 0 amide bonds. The number of benzene rings is 2. The number of anilines is 2. The number of halogens is 1. The first kappa shape index (κ1) is 13.5. The number of nitrogens with zero attached hydrogens (tertiary/aromatic N) is 1. The minimum atomic E-state index is 0.521. The van der Waals surface area contributed by atoms with Crippen LogP contribution >= 0.6 is 11.6 Å². The van der Waals surface area contributed by atoms with Crippen molar-refractivity contribution in [2.24, 2.45) is 0 Å². The van der Waals surface area contributed by atoms with Crippen LogP contribution in [0.3, 0.4) is 0 Å². The van der Waals surface area contributed by atoms with Gasteiger partial charge in [0.05, 0.1) is 22.3 Å². The van der Waals surface area contributed by atoms with Gasteiger partial charge in [0.15, 0.2) is 0 Å². The smallest absolute Gasteiger partial charge is 0.0992 e. The van der Waals surface area contributed by atoms with Crippen molar-refractivity contribution in [3.05, 3.63) is 58.6 Å². The highest BCUT2D eigenvalue weighted by molar-refractivity contribution is 6.33. The molecule has 0 aromatic heterocycles. The van der Waals surface area contributed by atoms with Gasteiger partial charge in [-0.25, -0.2) is 0 Å². The van der Waals surface area contributed by atoms with Gasteiger partial charge in [-0.3, -0.25) is 0 Å². The molecule has 3 heteroatoms. The molecule has 0 spiro atoms. The Morgan fingerprint density at radius 2 is 1.79 bits per heavy atom. The Kier molecular flexibility index (Phi) is 4.09. The van der Waals surface area contributed by atoms with Crippen LogP contribution in [0.15, 0.2) is 42.5 Å². The largest absolute Gasteiger partial charge is 0.354 e. The lowest BCUT2D eigenvalue weighted by molar-refractivity contribution is 0.867. The van der Waals surface area contributed by atoms with Crippen molar-refractivity contribution >= 4 is 23.0 Å². The van der Waals surface area contributed by atoms with Crippen LogP contribution in [0.2, 0.25) is 5.02 Å². The van der Waals surface area contributed by atoms with E-state index in [-0.39, 0.29) is 0 Å². The second kappa shape index (κ2) is 5.77. The van der Waals surface area contributed by atoms with Crippen LogP contribution in [-0.4, -0.2) is 0 Å². The van der Waals surface area contributed by atoms with Crippen molar-refractivity contribution in [1.29, 1.82) is 5.26 Å². The minimum Gasteiger partial charge on any atom is -0.354 e. The second-order valence-corrected chi connectivity index (χ2v) is 5.12. The van der Waals surface area contributed by atoms with E-state index in [9.17, 15) is 0 Å². The van der Waals surface area contributed by atoms with Gasteiger partial charge < -0.3 is 5.32 Å². The molecular formula is C16H15ClN2. The molecule has 0 atom stereocenters.